The molecule has 0 radical (unpaired) electrons. The summed E-state index contributed by atoms with van der Waals surface area (Å²) >= 11 is 1.97. The zero-order valence-electron chi connectivity index (χ0n) is 10.1. The summed E-state index contributed by atoms with van der Waals surface area (Å²) < 4.78 is 30.3. The minimum Gasteiger partial charge on any atom is -0.295 e. The first-order valence-electron chi connectivity index (χ1n) is 5.51. The van der Waals surface area contributed by atoms with Crippen molar-refractivity contribution in [2.24, 2.45) is 0 Å². The molecule has 0 aliphatic rings. The minimum absolute atomic E-state index is 0.0108. The van der Waals surface area contributed by atoms with E-state index in [1.54, 1.807) is 0 Å². The fourth-order valence-electron chi connectivity index (χ4n) is 1.47. The molecule has 0 bridgehead atoms. The number of anilines is 1. The predicted octanol–water partition coefficient (Wildman–Crippen LogP) is 2.59. The Labute approximate surface area is 124 Å². The van der Waals surface area contributed by atoms with Gasteiger partial charge in [-0.05, 0) is 29.7 Å². The monoisotopic (exact) mass is 325 g/mol. The third kappa shape index (κ3) is 2.90. The Morgan fingerprint density at radius 1 is 1.19 bits per heavy atom. The third-order valence-electron chi connectivity index (χ3n) is 2.40. The van der Waals surface area contributed by atoms with Gasteiger partial charge in [0.1, 0.15) is 11.6 Å². The Balaban J connectivity index is 1.83. The summed E-state index contributed by atoms with van der Waals surface area (Å²) in [5.41, 5.74) is 0.136. The molecule has 0 atom stereocenters. The van der Waals surface area contributed by atoms with Crippen molar-refractivity contribution in [2.75, 3.05) is 5.32 Å². The normalized spacial score (nSPS) is 10.6. The van der Waals surface area contributed by atoms with Gasteiger partial charge in [0.15, 0.2) is 10.7 Å². The molecule has 21 heavy (non-hydrogen) atoms. The highest BCUT2D eigenvalue weighted by Gasteiger charge is 2.15. The van der Waals surface area contributed by atoms with Crippen LogP contribution in [0, 0.1) is 11.6 Å². The molecule has 1 N–H and O–H groups in total. The molecule has 0 spiro atoms. The molecule has 0 fully saturated rings. The fourth-order valence-corrected chi connectivity index (χ4v) is 2.66. The van der Waals surface area contributed by atoms with Crippen LogP contribution in [-0.4, -0.2) is 25.7 Å². The standard InChI is InChI=1S/C11H5F2N5OS2/c12-5-1-2-7(13)6(3-5)10-16-17-11(21-10)14-9(19)8-4-20-18-15-8/h1-4H,(H,14,17,19). The Kier molecular flexibility index (Phi) is 3.62. The molecule has 3 rings (SSSR count). The number of carbonyl (C=O) groups excluding carboxylic acids is 1. The van der Waals surface area contributed by atoms with Gasteiger partial charge in [0.05, 0.1) is 5.56 Å². The smallest absolute Gasteiger partial charge is 0.278 e. The lowest BCUT2D eigenvalue weighted by molar-refractivity contribution is 0.102. The number of halogens is 2. The first-order chi connectivity index (χ1) is 10.1. The lowest BCUT2D eigenvalue weighted by atomic mass is 10.2. The molecule has 10 heteroatoms. The fraction of sp³-hybridized carbons (Fsp3) is 0. The van der Waals surface area contributed by atoms with E-state index in [-0.39, 0.29) is 21.4 Å². The first-order valence-corrected chi connectivity index (χ1v) is 7.16. The number of aromatic nitrogens is 4. The highest BCUT2D eigenvalue weighted by atomic mass is 32.1. The van der Waals surface area contributed by atoms with Crippen LogP contribution in [0.2, 0.25) is 0 Å². The molecule has 2 heterocycles. The largest absolute Gasteiger partial charge is 0.295 e. The summed E-state index contributed by atoms with van der Waals surface area (Å²) in [5.74, 6) is -1.69. The quantitative estimate of drug-likeness (QED) is 0.800. The van der Waals surface area contributed by atoms with Crippen molar-refractivity contribution in [3.63, 3.8) is 0 Å². The molecule has 1 amide bonds. The van der Waals surface area contributed by atoms with Gasteiger partial charge in [0, 0.05) is 5.38 Å². The summed E-state index contributed by atoms with van der Waals surface area (Å²) in [6, 6.07) is 3.04. The van der Waals surface area contributed by atoms with Crippen LogP contribution in [0.5, 0.6) is 0 Å². The lowest BCUT2D eigenvalue weighted by Gasteiger charge is -1.98. The van der Waals surface area contributed by atoms with Crippen LogP contribution in [0.3, 0.4) is 0 Å². The second-order valence-corrected chi connectivity index (χ2v) is 5.37. The average molecular weight is 325 g/mol. The van der Waals surface area contributed by atoms with Gasteiger partial charge in [-0.15, -0.1) is 15.3 Å². The van der Waals surface area contributed by atoms with Crippen molar-refractivity contribution in [1.82, 2.24) is 19.8 Å². The van der Waals surface area contributed by atoms with Crippen LogP contribution in [0.25, 0.3) is 10.6 Å². The number of hydrogen-bond acceptors (Lipinski definition) is 7. The van der Waals surface area contributed by atoms with E-state index in [0.29, 0.717) is 0 Å². The summed E-state index contributed by atoms with van der Waals surface area (Å²) in [6.45, 7) is 0. The van der Waals surface area contributed by atoms with E-state index in [9.17, 15) is 13.6 Å². The molecule has 2 aromatic heterocycles. The SMILES string of the molecule is O=C(Nc1nnc(-c2cc(F)ccc2F)s1)c1csnn1. The van der Waals surface area contributed by atoms with E-state index in [1.807, 2.05) is 0 Å². The number of nitrogens with zero attached hydrogens (tertiary/aromatic N) is 4. The van der Waals surface area contributed by atoms with Crippen LogP contribution < -0.4 is 5.32 Å². The van der Waals surface area contributed by atoms with E-state index in [4.69, 9.17) is 0 Å². The second-order valence-electron chi connectivity index (χ2n) is 3.78. The van der Waals surface area contributed by atoms with Crippen molar-refractivity contribution in [3.8, 4) is 10.6 Å². The topological polar surface area (TPSA) is 80.7 Å². The second kappa shape index (κ2) is 5.58. The third-order valence-corrected chi connectivity index (χ3v) is 3.77. The molecule has 1 aromatic carbocycles. The molecular formula is C11H5F2N5OS2. The molecular weight excluding hydrogens is 320 g/mol. The van der Waals surface area contributed by atoms with Crippen molar-refractivity contribution in [3.05, 3.63) is 40.9 Å². The number of carbonyl (C=O) groups is 1. The summed E-state index contributed by atoms with van der Waals surface area (Å²) in [7, 11) is 0. The highest BCUT2D eigenvalue weighted by molar-refractivity contribution is 7.18. The Morgan fingerprint density at radius 3 is 2.81 bits per heavy atom. The Hall–Kier alpha value is -2.33. The van der Waals surface area contributed by atoms with E-state index >= 15 is 0 Å². The van der Waals surface area contributed by atoms with Crippen molar-refractivity contribution in [2.45, 2.75) is 0 Å². The van der Waals surface area contributed by atoms with Gasteiger partial charge >= 0.3 is 0 Å². The van der Waals surface area contributed by atoms with Gasteiger partial charge in [-0.2, -0.15) is 0 Å². The van der Waals surface area contributed by atoms with Gasteiger partial charge in [-0.1, -0.05) is 15.8 Å². The predicted molar refractivity (Wildman–Crippen MR) is 73.1 cm³/mol. The number of hydrogen-bond donors (Lipinski definition) is 1. The van der Waals surface area contributed by atoms with E-state index in [0.717, 1.165) is 41.1 Å². The molecule has 0 aliphatic carbocycles. The van der Waals surface area contributed by atoms with Gasteiger partial charge in [-0.3, -0.25) is 10.1 Å². The van der Waals surface area contributed by atoms with Crippen LogP contribution >= 0.6 is 22.9 Å². The van der Waals surface area contributed by atoms with Crippen molar-refractivity contribution < 1.29 is 13.6 Å². The zero-order chi connectivity index (χ0) is 14.8. The average Bonchev–Trinajstić information content (AvgIpc) is 3.12. The van der Waals surface area contributed by atoms with E-state index in [1.165, 1.54) is 5.38 Å². The van der Waals surface area contributed by atoms with Gasteiger partial charge in [-0.25, -0.2) is 8.78 Å². The highest BCUT2D eigenvalue weighted by Crippen LogP contribution is 2.29. The number of benzene rings is 1. The summed E-state index contributed by atoms with van der Waals surface area (Å²) in [6.07, 6.45) is 0. The summed E-state index contributed by atoms with van der Waals surface area (Å²) in [5, 5.41) is 15.3. The molecule has 106 valence electrons. The number of rotatable bonds is 3. The van der Waals surface area contributed by atoms with Gasteiger partial charge in [0.2, 0.25) is 5.13 Å². The van der Waals surface area contributed by atoms with Gasteiger partial charge in [0.25, 0.3) is 5.91 Å². The van der Waals surface area contributed by atoms with Crippen LogP contribution in [0.15, 0.2) is 23.6 Å². The maximum Gasteiger partial charge on any atom is 0.278 e. The zero-order valence-corrected chi connectivity index (χ0v) is 11.7. The van der Waals surface area contributed by atoms with Gasteiger partial charge < -0.3 is 0 Å². The van der Waals surface area contributed by atoms with E-state index in [2.05, 4.69) is 25.1 Å². The van der Waals surface area contributed by atoms with Crippen LogP contribution in [0.4, 0.5) is 13.9 Å². The number of amides is 1. The lowest BCUT2D eigenvalue weighted by Crippen LogP contribution is -2.12. The van der Waals surface area contributed by atoms with Crippen LogP contribution in [0.1, 0.15) is 10.5 Å². The Morgan fingerprint density at radius 2 is 2.05 bits per heavy atom. The maximum absolute atomic E-state index is 13.6. The molecule has 3 aromatic rings. The van der Waals surface area contributed by atoms with Crippen molar-refractivity contribution in [1.29, 1.82) is 0 Å². The number of nitrogens with one attached hydrogen (secondary N) is 1. The Bertz CT molecular complexity index is 790. The van der Waals surface area contributed by atoms with Crippen LogP contribution in [-0.2, 0) is 0 Å². The molecule has 0 unspecified atom stereocenters. The minimum atomic E-state index is -0.617. The maximum atomic E-state index is 13.6. The first kappa shape index (κ1) is 13.6. The molecule has 0 aliphatic heterocycles. The molecule has 0 saturated heterocycles. The summed E-state index contributed by atoms with van der Waals surface area (Å²) in [4.78, 5) is 11.7. The van der Waals surface area contributed by atoms with Crippen molar-refractivity contribution >= 4 is 33.9 Å². The molecule has 0 saturated carbocycles. The molecule has 6 nitrogen and oxygen atoms in total. The van der Waals surface area contributed by atoms with E-state index < -0.39 is 17.5 Å².